The number of nitrogens with zero attached hydrogens (tertiary/aromatic N) is 3. The van der Waals surface area contributed by atoms with Gasteiger partial charge in [-0.15, -0.1) is 0 Å². The van der Waals surface area contributed by atoms with Gasteiger partial charge in [0.05, 0.1) is 10.2 Å². The third-order valence-electron chi connectivity index (χ3n) is 4.80. The molecule has 4 rings (SSSR count). The van der Waals surface area contributed by atoms with Crippen LogP contribution in [0.2, 0.25) is 0 Å². The van der Waals surface area contributed by atoms with Crippen molar-refractivity contribution in [3.05, 3.63) is 53.3 Å². The van der Waals surface area contributed by atoms with E-state index in [-0.39, 0.29) is 12.0 Å². The number of benzene rings is 1. The average Bonchev–Trinajstić information content (AvgIpc) is 3.11. The molecule has 3 heterocycles. The number of ether oxygens (including phenoxy) is 1. The molecule has 6 heteroatoms. The molecule has 1 aliphatic heterocycles. The molecule has 2 aromatic heterocycles. The van der Waals surface area contributed by atoms with Crippen LogP contribution in [0.25, 0.3) is 10.2 Å². The Kier molecular flexibility index (Phi) is 4.59. The van der Waals surface area contributed by atoms with Crippen LogP contribution in [-0.4, -0.2) is 40.0 Å². The van der Waals surface area contributed by atoms with Gasteiger partial charge in [0, 0.05) is 32.1 Å². The van der Waals surface area contributed by atoms with E-state index in [2.05, 4.69) is 35.9 Å². The van der Waals surface area contributed by atoms with Crippen molar-refractivity contribution in [3.8, 4) is 5.19 Å². The van der Waals surface area contributed by atoms with Crippen LogP contribution >= 0.6 is 11.3 Å². The van der Waals surface area contributed by atoms with Crippen LogP contribution in [-0.2, 0) is 0 Å². The van der Waals surface area contributed by atoms with Crippen LogP contribution < -0.4 is 4.74 Å². The van der Waals surface area contributed by atoms with E-state index in [1.165, 1.54) is 15.8 Å². The first-order valence-corrected chi connectivity index (χ1v) is 9.67. The van der Waals surface area contributed by atoms with Gasteiger partial charge >= 0.3 is 0 Å². The molecule has 134 valence electrons. The molecule has 0 saturated carbocycles. The molecule has 5 nitrogen and oxygen atoms in total. The molecule has 0 atom stereocenters. The molecule has 1 aliphatic rings. The van der Waals surface area contributed by atoms with Crippen molar-refractivity contribution in [2.75, 3.05) is 13.1 Å². The number of amides is 1. The van der Waals surface area contributed by atoms with E-state index in [0.29, 0.717) is 18.8 Å². The van der Waals surface area contributed by atoms with Crippen LogP contribution in [0, 0.1) is 13.8 Å². The molecule has 1 saturated heterocycles. The van der Waals surface area contributed by atoms with E-state index >= 15 is 0 Å². The first-order valence-electron chi connectivity index (χ1n) is 8.85. The maximum atomic E-state index is 12.5. The lowest BCUT2D eigenvalue weighted by molar-refractivity contribution is 0.0590. The zero-order valence-electron chi connectivity index (χ0n) is 14.9. The number of likely N-dealkylation sites (tertiary alicyclic amines) is 1. The Hall–Kier alpha value is -2.47. The van der Waals surface area contributed by atoms with Crippen molar-refractivity contribution in [1.82, 2.24) is 14.9 Å². The zero-order valence-corrected chi connectivity index (χ0v) is 15.8. The van der Waals surface area contributed by atoms with Crippen molar-refractivity contribution in [2.45, 2.75) is 32.8 Å². The van der Waals surface area contributed by atoms with Gasteiger partial charge in [-0.3, -0.25) is 9.78 Å². The minimum atomic E-state index is -0.00436. The highest BCUT2D eigenvalue weighted by Gasteiger charge is 2.26. The topological polar surface area (TPSA) is 55.3 Å². The zero-order chi connectivity index (χ0) is 18.1. The van der Waals surface area contributed by atoms with Gasteiger partial charge in [-0.05, 0) is 37.1 Å². The number of pyridine rings is 1. The van der Waals surface area contributed by atoms with Gasteiger partial charge in [0.2, 0.25) is 0 Å². The van der Waals surface area contributed by atoms with Crippen molar-refractivity contribution >= 4 is 27.5 Å². The third kappa shape index (κ3) is 3.29. The Bertz CT molecular complexity index is 892. The Balaban J connectivity index is 1.41. The van der Waals surface area contributed by atoms with E-state index in [1.807, 2.05) is 17.0 Å². The van der Waals surface area contributed by atoms with Crippen LogP contribution in [0.3, 0.4) is 0 Å². The predicted molar refractivity (Wildman–Crippen MR) is 103 cm³/mol. The maximum absolute atomic E-state index is 12.5. The summed E-state index contributed by atoms with van der Waals surface area (Å²) < 4.78 is 7.33. The van der Waals surface area contributed by atoms with Gasteiger partial charge in [-0.1, -0.05) is 29.5 Å². The smallest absolute Gasteiger partial charge is 0.274 e. The molecular formula is C20H21N3O2S. The quantitative estimate of drug-likeness (QED) is 0.702. The van der Waals surface area contributed by atoms with E-state index in [0.717, 1.165) is 23.6 Å². The lowest BCUT2D eigenvalue weighted by Crippen LogP contribution is -2.42. The fourth-order valence-electron chi connectivity index (χ4n) is 3.26. The number of carbonyl (C=O) groups excluding carboxylic acids is 1. The summed E-state index contributed by atoms with van der Waals surface area (Å²) in [5.74, 6) is -0.00436. The number of piperidine rings is 1. The molecule has 26 heavy (non-hydrogen) atoms. The number of hydrogen-bond acceptors (Lipinski definition) is 5. The number of aromatic nitrogens is 2. The minimum absolute atomic E-state index is 0.00436. The molecule has 1 fully saturated rings. The molecule has 1 aromatic carbocycles. The number of thiazole rings is 1. The number of fused-ring (bicyclic) bond motifs is 1. The summed E-state index contributed by atoms with van der Waals surface area (Å²) in [6.07, 6.45) is 3.38. The standard InChI is InChI=1S/C20H21N3O2S/c1-13-6-7-14(2)18-17(13)22-20(26-18)25-15-8-11-23(12-9-15)19(24)16-5-3-4-10-21-16/h3-7,10,15H,8-9,11-12H2,1-2H3. The van der Waals surface area contributed by atoms with Gasteiger partial charge in [-0.25, -0.2) is 4.98 Å². The number of aryl methyl sites for hydroxylation is 2. The Labute approximate surface area is 156 Å². The summed E-state index contributed by atoms with van der Waals surface area (Å²) >= 11 is 1.61. The largest absolute Gasteiger partial charge is 0.467 e. The second-order valence-corrected chi connectivity index (χ2v) is 7.64. The second kappa shape index (κ2) is 7.03. The predicted octanol–water partition coefficient (Wildman–Crippen LogP) is 3.99. The van der Waals surface area contributed by atoms with Gasteiger partial charge in [0.1, 0.15) is 11.8 Å². The fourth-order valence-corrected chi connectivity index (χ4v) is 4.29. The first-order chi connectivity index (χ1) is 12.6. The van der Waals surface area contributed by atoms with Crippen LogP contribution in [0.1, 0.15) is 34.5 Å². The summed E-state index contributed by atoms with van der Waals surface area (Å²) in [6.45, 7) is 5.55. The number of carbonyl (C=O) groups is 1. The van der Waals surface area contributed by atoms with Gasteiger partial charge in [-0.2, -0.15) is 0 Å². The molecule has 0 bridgehead atoms. The first kappa shape index (κ1) is 17.0. The maximum Gasteiger partial charge on any atom is 0.274 e. The molecule has 3 aromatic rings. The van der Waals surface area contributed by atoms with E-state index in [9.17, 15) is 4.79 Å². The van der Waals surface area contributed by atoms with Crippen molar-refractivity contribution in [3.63, 3.8) is 0 Å². The highest BCUT2D eigenvalue weighted by atomic mass is 32.1. The molecule has 0 unspecified atom stereocenters. The van der Waals surface area contributed by atoms with Crippen LogP contribution in [0.5, 0.6) is 5.19 Å². The molecular weight excluding hydrogens is 346 g/mol. The summed E-state index contributed by atoms with van der Waals surface area (Å²) in [5.41, 5.74) is 3.94. The summed E-state index contributed by atoms with van der Waals surface area (Å²) in [5, 5.41) is 0.729. The van der Waals surface area contributed by atoms with E-state index in [1.54, 1.807) is 23.6 Å². The number of hydrogen-bond donors (Lipinski definition) is 0. The number of rotatable bonds is 3. The highest BCUT2D eigenvalue weighted by molar-refractivity contribution is 7.20. The van der Waals surface area contributed by atoms with Crippen molar-refractivity contribution in [1.29, 1.82) is 0 Å². The Morgan fingerprint density at radius 3 is 2.62 bits per heavy atom. The molecule has 0 spiro atoms. The Morgan fingerprint density at radius 2 is 1.92 bits per heavy atom. The van der Waals surface area contributed by atoms with Gasteiger partial charge in [0.15, 0.2) is 0 Å². The molecule has 1 amide bonds. The van der Waals surface area contributed by atoms with Crippen LogP contribution in [0.4, 0.5) is 0 Å². The van der Waals surface area contributed by atoms with Crippen LogP contribution in [0.15, 0.2) is 36.5 Å². The lowest BCUT2D eigenvalue weighted by atomic mass is 10.1. The normalized spacial score (nSPS) is 15.4. The van der Waals surface area contributed by atoms with E-state index < -0.39 is 0 Å². The molecule has 0 aliphatic carbocycles. The summed E-state index contributed by atoms with van der Waals surface area (Å²) in [7, 11) is 0. The second-order valence-electron chi connectivity index (χ2n) is 6.68. The summed E-state index contributed by atoms with van der Waals surface area (Å²) in [4.78, 5) is 23.2. The highest BCUT2D eigenvalue weighted by Crippen LogP contribution is 2.33. The van der Waals surface area contributed by atoms with Gasteiger partial charge in [0.25, 0.3) is 11.1 Å². The fraction of sp³-hybridized carbons (Fsp3) is 0.350. The minimum Gasteiger partial charge on any atom is -0.467 e. The average molecular weight is 367 g/mol. The lowest BCUT2D eigenvalue weighted by Gasteiger charge is -2.31. The Morgan fingerprint density at radius 1 is 1.15 bits per heavy atom. The molecule has 0 N–H and O–H groups in total. The summed E-state index contributed by atoms with van der Waals surface area (Å²) in [6, 6.07) is 9.65. The van der Waals surface area contributed by atoms with Crippen molar-refractivity contribution < 1.29 is 9.53 Å². The van der Waals surface area contributed by atoms with Gasteiger partial charge < -0.3 is 9.64 Å². The molecule has 0 radical (unpaired) electrons. The third-order valence-corrected chi connectivity index (χ3v) is 5.88. The SMILES string of the molecule is Cc1ccc(C)c2sc(OC3CCN(C(=O)c4ccccn4)CC3)nc12. The van der Waals surface area contributed by atoms with Crippen molar-refractivity contribution in [2.24, 2.45) is 0 Å². The van der Waals surface area contributed by atoms with E-state index in [4.69, 9.17) is 4.74 Å². The monoisotopic (exact) mass is 367 g/mol.